The fourth-order valence-electron chi connectivity index (χ4n) is 4.57. The zero-order valence-electron chi connectivity index (χ0n) is 17.7. The van der Waals surface area contributed by atoms with Gasteiger partial charge in [0.25, 0.3) is 5.91 Å². The molecule has 2 amide bonds. The van der Waals surface area contributed by atoms with E-state index < -0.39 is 17.5 Å². The van der Waals surface area contributed by atoms with Crippen LogP contribution in [0.5, 0.6) is 0 Å². The minimum absolute atomic E-state index is 0.222. The summed E-state index contributed by atoms with van der Waals surface area (Å²) in [6.45, 7) is 3.27. The van der Waals surface area contributed by atoms with Crippen LogP contribution in [0.1, 0.15) is 53.9 Å². The molecule has 1 saturated heterocycles. The van der Waals surface area contributed by atoms with Gasteiger partial charge in [-0.1, -0.05) is 6.92 Å². The second kappa shape index (κ2) is 7.90. The van der Waals surface area contributed by atoms with Crippen LogP contribution in [-0.4, -0.2) is 40.2 Å². The highest BCUT2D eigenvalue weighted by atomic mass is 16.4. The van der Waals surface area contributed by atoms with Gasteiger partial charge in [0.05, 0.1) is 17.4 Å². The van der Waals surface area contributed by atoms with E-state index in [2.05, 4.69) is 32.8 Å². The molecule has 9 nitrogen and oxygen atoms in total. The lowest BCUT2D eigenvalue weighted by Gasteiger charge is -2.41. The van der Waals surface area contributed by atoms with Gasteiger partial charge in [-0.25, -0.2) is 9.78 Å². The summed E-state index contributed by atoms with van der Waals surface area (Å²) in [5.74, 6) is 1.22. The highest BCUT2D eigenvalue weighted by molar-refractivity contribution is 6.04. The SMILES string of the molecule is C[C@H]1CNC[C@@](NC(=O)O)(c2ccncc2NC(=O)c2ccc3cc(C4CC4)oc3n2)C1. The summed E-state index contributed by atoms with van der Waals surface area (Å²) in [4.78, 5) is 33.2. The highest BCUT2D eigenvalue weighted by Crippen LogP contribution is 2.42. The summed E-state index contributed by atoms with van der Waals surface area (Å²) in [6.07, 6.45) is 4.86. The van der Waals surface area contributed by atoms with E-state index in [-0.39, 0.29) is 11.6 Å². The summed E-state index contributed by atoms with van der Waals surface area (Å²) in [7, 11) is 0. The molecule has 0 bridgehead atoms. The summed E-state index contributed by atoms with van der Waals surface area (Å²) < 4.78 is 5.84. The molecule has 1 aliphatic heterocycles. The number of hydrogen-bond acceptors (Lipinski definition) is 6. The van der Waals surface area contributed by atoms with E-state index in [1.165, 1.54) is 6.20 Å². The lowest BCUT2D eigenvalue weighted by Crippen LogP contribution is -2.57. The van der Waals surface area contributed by atoms with Gasteiger partial charge in [-0.2, -0.15) is 0 Å². The molecule has 4 heterocycles. The molecule has 32 heavy (non-hydrogen) atoms. The normalized spacial score (nSPS) is 23.1. The molecular weight excluding hydrogens is 410 g/mol. The Kier molecular flexibility index (Phi) is 5.05. The molecule has 3 aromatic rings. The first kappa shape index (κ1) is 20.4. The van der Waals surface area contributed by atoms with E-state index in [4.69, 9.17) is 4.42 Å². The van der Waals surface area contributed by atoms with Crippen LogP contribution < -0.4 is 16.0 Å². The average Bonchev–Trinajstić information content (AvgIpc) is 3.52. The van der Waals surface area contributed by atoms with E-state index >= 15 is 0 Å². The molecule has 0 unspecified atom stereocenters. The molecule has 0 spiro atoms. The van der Waals surface area contributed by atoms with Gasteiger partial charge in [-0.05, 0) is 56.0 Å². The number of hydrogen-bond donors (Lipinski definition) is 4. The van der Waals surface area contributed by atoms with Crippen molar-refractivity contribution in [2.24, 2.45) is 5.92 Å². The van der Waals surface area contributed by atoms with Crippen molar-refractivity contribution in [3.05, 3.63) is 53.7 Å². The van der Waals surface area contributed by atoms with Crippen LogP contribution in [0.4, 0.5) is 10.5 Å². The largest absolute Gasteiger partial charge is 0.465 e. The molecule has 1 aliphatic carbocycles. The maximum absolute atomic E-state index is 13.0. The number of fused-ring (bicyclic) bond motifs is 1. The smallest absolute Gasteiger partial charge is 0.405 e. The topological polar surface area (TPSA) is 129 Å². The van der Waals surface area contributed by atoms with E-state index in [0.717, 1.165) is 30.5 Å². The fraction of sp³-hybridized carbons (Fsp3) is 0.391. The van der Waals surface area contributed by atoms with Gasteiger partial charge < -0.3 is 25.5 Å². The van der Waals surface area contributed by atoms with Crippen molar-refractivity contribution in [3.63, 3.8) is 0 Å². The Morgan fingerprint density at radius 1 is 1.28 bits per heavy atom. The third kappa shape index (κ3) is 3.91. The van der Waals surface area contributed by atoms with Gasteiger partial charge >= 0.3 is 6.09 Å². The number of pyridine rings is 2. The maximum Gasteiger partial charge on any atom is 0.405 e. The van der Waals surface area contributed by atoms with Crippen LogP contribution in [0.3, 0.4) is 0 Å². The third-order valence-electron chi connectivity index (χ3n) is 6.16. The van der Waals surface area contributed by atoms with Crippen molar-refractivity contribution in [2.75, 3.05) is 18.4 Å². The number of carboxylic acid groups (broad SMARTS) is 1. The Morgan fingerprint density at radius 3 is 2.88 bits per heavy atom. The van der Waals surface area contributed by atoms with Crippen molar-refractivity contribution in [3.8, 4) is 0 Å². The van der Waals surface area contributed by atoms with Gasteiger partial charge in [-0.3, -0.25) is 9.78 Å². The van der Waals surface area contributed by atoms with Gasteiger partial charge in [0.1, 0.15) is 11.5 Å². The third-order valence-corrected chi connectivity index (χ3v) is 6.16. The number of carbonyl (C=O) groups is 2. The van der Waals surface area contributed by atoms with Crippen LogP contribution >= 0.6 is 0 Å². The monoisotopic (exact) mass is 435 g/mol. The predicted octanol–water partition coefficient (Wildman–Crippen LogP) is 3.44. The Morgan fingerprint density at radius 2 is 2.12 bits per heavy atom. The van der Waals surface area contributed by atoms with Crippen molar-refractivity contribution in [2.45, 2.75) is 37.6 Å². The van der Waals surface area contributed by atoms with E-state index in [1.807, 2.05) is 12.1 Å². The van der Waals surface area contributed by atoms with Crippen LogP contribution in [0, 0.1) is 5.92 Å². The molecule has 5 rings (SSSR count). The van der Waals surface area contributed by atoms with Crippen molar-refractivity contribution in [1.29, 1.82) is 0 Å². The predicted molar refractivity (Wildman–Crippen MR) is 118 cm³/mol. The molecule has 1 saturated carbocycles. The number of carbonyl (C=O) groups excluding carboxylic acids is 1. The Balaban J connectivity index is 1.45. The minimum atomic E-state index is -1.12. The Labute approximate surface area is 184 Å². The fourth-order valence-corrected chi connectivity index (χ4v) is 4.57. The molecule has 3 aromatic heterocycles. The molecule has 9 heteroatoms. The average molecular weight is 435 g/mol. The minimum Gasteiger partial charge on any atom is -0.465 e. The lowest BCUT2D eigenvalue weighted by molar-refractivity contribution is 0.102. The number of nitrogens with zero attached hydrogens (tertiary/aromatic N) is 2. The van der Waals surface area contributed by atoms with Gasteiger partial charge in [0, 0.05) is 29.6 Å². The second-order valence-electron chi connectivity index (χ2n) is 8.84. The van der Waals surface area contributed by atoms with Crippen LogP contribution in [0.15, 0.2) is 41.1 Å². The van der Waals surface area contributed by atoms with Gasteiger partial charge in [0.15, 0.2) is 0 Å². The first-order valence-corrected chi connectivity index (χ1v) is 10.8. The molecule has 2 fully saturated rings. The quantitative estimate of drug-likeness (QED) is 0.483. The maximum atomic E-state index is 13.0. The number of amides is 2. The van der Waals surface area contributed by atoms with E-state index in [0.29, 0.717) is 35.8 Å². The van der Waals surface area contributed by atoms with Crippen molar-refractivity contribution >= 4 is 28.8 Å². The van der Waals surface area contributed by atoms with Crippen molar-refractivity contribution in [1.82, 2.24) is 20.6 Å². The van der Waals surface area contributed by atoms with Crippen LogP contribution in [-0.2, 0) is 5.54 Å². The number of furan rings is 1. The van der Waals surface area contributed by atoms with Crippen LogP contribution in [0.25, 0.3) is 11.1 Å². The first-order chi connectivity index (χ1) is 15.4. The molecule has 2 atom stereocenters. The molecule has 4 N–H and O–H groups in total. The molecule has 0 aromatic carbocycles. The van der Waals surface area contributed by atoms with E-state index in [9.17, 15) is 14.7 Å². The summed E-state index contributed by atoms with van der Waals surface area (Å²) >= 11 is 0. The summed E-state index contributed by atoms with van der Waals surface area (Å²) in [5.41, 5.74) is 0.895. The standard InChI is InChI=1S/C23H25N5O4/c1-13-9-23(12-25-10-13,28-22(30)31)16-6-7-24-11-18(16)26-20(29)17-5-4-15-8-19(14-2-3-14)32-21(15)27-17/h4-8,11,13-14,25,28H,2-3,9-10,12H2,1H3,(H,26,29)(H,30,31)/t13-,23-/m1/s1. The molecule has 166 valence electrons. The first-order valence-electron chi connectivity index (χ1n) is 10.8. The molecule has 2 aliphatic rings. The van der Waals surface area contributed by atoms with Gasteiger partial charge in [-0.15, -0.1) is 0 Å². The lowest BCUT2D eigenvalue weighted by atomic mass is 9.78. The number of anilines is 1. The highest BCUT2D eigenvalue weighted by Gasteiger charge is 2.40. The number of nitrogens with one attached hydrogen (secondary N) is 3. The number of aromatic nitrogens is 2. The molecular formula is C23H25N5O4. The number of rotatable bonds is 5. The number of piperidine rings is 1. The second-order valence-corrected chi connectivity index (χ2v) is 8.84. The van der Waals surface area contributed by atoms with Crippen molar-refractivity contribution < 1.29 is 19.1 Å². The zero-order chi connectivity index (χ0) is 22.3. The molecule has 0 radical (unpaired) electrons. The van der Waals surface area contributed by atoms with E-state index in [1.54, 1.807) is 18.3 Å². The van der Waals surface area contributed by atoms with Crippen LogP contribution in [0.2, 0.25) is 0 Å². The van der Waals surface area contributed by atoms with Gasteiger partial charge in [0.2, 0.25) is 5.71 Å². The Hall–Kier alpha value is -3.46. The zero-order valence-corrected chi connectivity index (χ0v) is 17.7. The Bertz CT molecular complexity index is 1190. The summed E-state index contributed by atoms with van der Waals surface area (Å²) in [5, 5.41) is 19.2. The summed E-state index contributed by atoms with van der Waals surface area (Å²) in [6, 6.07) is 7.22.